The first-order valence-corrected chi connectivity index (χ1v) is 11.9. The molecule has 11 heteroatoms. The van der Waals surface area contributed by atoms with E-state index in [0.717, 1.165) is 22.8 Å². The van der Waals surface area contributed by atoms with Crippen LogP contribution in [0.2, 0.25) is 0 Å². The lowest BCUT2D eigenvalue weighted by Gasteiger charge is -2.35. The van der Waals surface area contributed by atoms with Crippen molar-refractivity contribution in [1.29, 1.82) is 0 Å². The summed E-state index contributed by atoms with van der Waals surface area (Å²) < 4.78 is 39.0. The highest BCUT2D eigenvalue weighted by Gasteiger charge is 2.37. The minimum Gasteiger partial charge on any atom is -0.354 e. The Kier molecular flexibility index (Phi) is 6.22. The first kappa shape index (κ1) is 23.7. The zero-order chi connectivity index (χ0) is 24.7. The topological polar surface area (TPSA) is 68.8 Å². The van der Waals surface area contributed by atoms with Crippen LogP contribution >= 0.6 is 12.2 Å². The number of carbonyl (C=O) groups is 2. The molecule has 184 valence electrons. The largest absolute Gasteiger partial charge is 0.433 e. The van der Waals surface area contributed by atoms with Crippen LogP contribution in [0.25, 0.3) is 0 Å². The maximum Gasteiger partial charge on any atom is 0.433 e. The van der Waals surface area contributed by atoms with E-state index < -0.39 is 17.9 Å². The SMILES string of the molecule is O=C1CCC(N2Cc3cc(CN4CCN(c5cccc(C(F)(F)F)n5)CC4)ccc3C2=S)C(=O)N1. The van der Waals surface area contributed by atoms with Crippen molar-refractivity contribution in [2.75, 3.05) is 31.1 Å². The van der Waals surface area contributed by atoms with Gasteiger partial charge in [-0.15, -0.1) is 0 Å². The van der Waals surface area contributed by atoms with Crippen LogP contribution in [0, 0.1) is 0 Å². The van der Waals surface area contributed by atoms with E-state index in [9.17, 15) is 22.8 Å². The Bertz CT molecular complexity index is 1180. The molecule has 1 unspecified atom stereocenters. The number of benzene rings is 1. The molecule has 1 aromatic carbocycles. The number of alkyl halides is 3. The minimum atomic E-state index is -4.46. The molecular weight excluding hydrogens is 479 g/mol. The molecule has 35 heavy (non-hydrogen) atoms. The van der Waals surface area contributed by atoms with Crippen LogP contribution in [0.15, 0.2) is 36.4 Å². The molecule has 0 radical (unpaired) electrons. The van der Waals surface area contributed by atoms with Crippen molar-refractivity contribution < 1.29 is 22.8 Å². The molecule has 2 aromatic rings. The molecule has 7 nitrogen and oxygen atoms in total. The first-order chi connectivity index (χ1) is 16.7. The highest BCUT2D eigenvalue weighted by Crippen LogP contribution is 2.31. The van der Waals surface area contributed by atoms with Gasteiger partial charge in [0.25, 0.3) is 0 Å². The van der Waals surface area contributed by atoms with E-state index in [1.807, 2.05) is 21.9 Å². The number of piperazine rings is 1. The van der Waals surface area contributed by atoms with Gasteiger partial charge in [-0.3, -0.25) is 19.8 Å². The Morgan fingerprint density at radius 2 is 1.86 bits per heavy atom. The summed E-state index contributed by atoms with van der Waals surface area (Å²) in [6.07, 6.45) is -3.70. The van der Waals surface area contributed by atoms with Crippen LogP contribution in [0.4, 0.5) is 19.0 Å². The van der Waals surface area contributed by atoms with Crippen molar-refractivity contribution >= 4 is 34.8 Å². The lowest BCUT2D eigenvalue weighted by Crippen LogP contribution is -2.52. The maximum atomic E-state index is 13.0. The summed E-state index contributed by atoms with van der Waals surface area (Å²) in [5.41, 5.74) is 2.24. The van der Waals surface area contributed by atoms with Gasteiger partial charge in [-0.1, -0.05) is 36.5 Å². The molecule has 0 spiro atoms. The van der Waals surface area contributed by atoms with Crippen molar-refractivity contribution in [3.05, 3.63) is 58.8 Å². The third kappa shape index (κ3) is 4.87. The molecule has 0 saturated carbocycles. The van der Waals surface area contributed by atoms with Gasteiger partial charge >= 0.3 is 6.18 Å². The second-order valence-electron chi connectivity index (χ2n) is 9.03. The first-order valence-electron chi connectivity index (χ1n) is 11.5. The van der Waals surface area contributed by atoms with Crippen molar-refractivity contribution in [1.82, 2.24) is 20.1 Å². The summed E-state index contributed by atoms with van der Waals surface area (Å²) in [5.74, 6) is -0.205. The molecule has 1 atom stereocenters. The number of aromatic nitrogens is 1. The Morgan fingerprint density at radius 3 is 2.57 bits per heavy atom. The summed E-state index contributed by atoms with van der Waals surface area (Å²) in [5, 5.41) is 2.39. The number of nitrogens with zero attached hydrogens (tertiary/aromatic N) is 4. The van der Waals surface area contributed by atoms with Gasteiger partial charge in [0.1, 0.15) is 22.5 Å². The molecule has 3 aliphatic rings. The van der Waals surface area contributed by atoms with Crippen molar-refractivity contribution in [3.63, 3.8) is 0 Å². The Balaban J connectivity index is 1.20. The van der Waals surface area contributed by atoms with Crippen LogP contribution in [-0.2, 0) is 28.9 Å². The standard InChI is InChI=1S/C24H24F3N5O2S/c25-24(26,27)19-2-1-3-20(28-19)31-10-8-30(9-11-31)13-15-4-5-17-16(12-15)14-32(23(17)35)18-6-7-21(33)29-22(18)34/h1-5,12,18H,6-11,13-14H2,(H,29,33,34). The molecule has 1 N–H and O–H groups in total. The molecule has 2 fully saturated rings. The Morgan fingerprint density at radius 1 is 1.09 bits per heavy atom. The number of thiocarbonyl (C=S) groups is 1. The van der Waals surface area contributed by atoms with Gasteiger partial charge in [0.15, 0.2) is 0 Å². The number of hydrogen-bond acceptors (Lipinski definition) is 6. The highest BCUT2D eigenvalue weighted by atomic mass is 32.1. The second-order valence-corrected chi connectivity index (χ2v) is 9.42. The van der Waals surface area contributed by atoms with Gasteiger partial charge < -0.3 is 9.80 Å². The van der Waals surface area contributed by atoms with Gasteiger partial charge in [0.05, 0.1) is 0 Å². The molecule has 3 aliphatic heterocycles. The number of piperidine rings is 1. The molecule has 5 rings (SSSR count). The van der Waals surface area contributed by atoms with E-state index in [1.54, 1.807) is 6.07 Å². The summed E-state index contributed by atoms with van der Waals surface area (Å²) >= 11 is 5.62. The molecular formula is C24H24F3N5O2S. The summed E-state index contributed by atoms with van der Waals surface area (Å²) in [7, 11) is 0. The smallest absolute Gasteiger partial charge is 0.354 e. The fourth-order valence-corrected chi connectivity index (χ4v) is 5.27. The van der Waals surface area contributed by atoms with Crippen LogP contribution in [0.5, 0.6) is 0 Å². The van der Waals surface area contributed by atoms with Crippen LogP contribution in [0.3, 0.4) is 0 Å². The third-order valence-electron chi connectivity index (χ3n) is 6.72. The number of carbonyl (C=O) groups excluding carboxylic acids is 2. The number of nitrogens with one attached hydrogen (secondary N) is 1. The number of halogens is 3. The average Bonchev–Trinajstić information content (AvgIpc) is 3.14. The minimum absolute atomic E-state index is 0.250. The molecule has 0 bridgehead atoms. The average molecular weight is 504 g/mol. The quantitative estimate of drug-likeness (QED) is 0.508. The number of anilines is 1. The number of imide groups is 1. The number of pyridine rings is 1. The van der Waals surface area contributed by atoms with Gasteiger partial charge in [0, 0.05) is 51.3 Å². The number of hydrogen-bond donors (Lipinski definition) is 1. The third-order valence-corrected chi connectivity index (χ3v) is 7.17. The zero-order valence-corrected chi connectivity index (χ0v) is 19.7. The Hall–Kier alpha value is -3.05. The van der Waals surface area contributed by atoms with Gasteiger partial charge in [-0.25, -0.2) is 4.98 Å². The van der Waals surface area contributed by atoms with Crippen molar-refractivity contribution in [3.8, 4) is 0 Å². The fourth-order valence-electron chi connectivity index (χ4n) is 4.88. The Labute approximate surface area is 205 Å². The van der Waals surface area contributed by atoms with Crippen LogP contribution < -0.4 is 10.2 Å². The number of fused-ring (bicyclic) bond motifs is 1. The van der Waals surface area contributed by atoms with Gasteiger partial charge in [0.2, 0.25) is 11.8 Å². The van der Waals surface area contributed by atoms with Crippen LogP contribution in [-0.4, -0.2) is 63.8 Å². The predicted octanol–water partition coefficient (Wildman–Crippen LogP) is 2.72. The van der Waals surface area contributed by atoms with E-state index in [2.05, 4.69) is 21.3 Å². The molecule has 1 aromatic heterocycles. The number of rotatable bonds is 4. The van der Waals surface area contributed by atoms with E-state index in [0.29, 0.717) is 62.9 Å². The molecule has 4 heterocycles. The van der Waals surface area contributed by atoms with Gasteiger partial charge in [-0.2, -0.15) is 13.2 Å². The summed E-state index contributed by atoms with van der Waals surface area (Å²) in [6.45, 7) is 3.83. The molecule has 0 aliphatic carbocycles. The molecule has 2 amide bonds. The van der Waals surface area contributed by atoms with E-state index in [-0.39, 0.29) is 11.8 Å². The lowest BCUT2D eigenvalue weighted by atomic mass is 10.0. The zero-order valence-electron chi connectivity index (χ0n) is 18.8. The summed E-state index contributed by atoms with van der Waals surface area (Å²) in [4.78, 5) is 34.3. The predicted molar refractivity (Wildman–Crippen MR) is 127 cm³/mol. The van der Waals surface area contributed by atoms with Crippen LogP contribution in [0.1, 0.15) is 35.2 Å². The lowest BCUT2D eigenvalue weighted by molar-refractivity contribution is -0.141. The van der Waals surface area contributed by atoms with Crippen molar-refractivity contribution in [2.24, 2.45) is 0 Å². The highest BCUT2D eigenvalue weighted by molar-refractivity contribution is 7.80. The fraction of sp³-hybridized carbons (Fsp3) is 0.417. The van der Waals surface area contributed by atoms with Gasteiger partial charge in [-0.05, 0) is 29.7 Å². The second kappa shape index (κ2) is 9.19. The normalized spacial score (nSPS) is 21.3. The van der Waals surface area contributed by atoms with E-state index in [1.165, 1.54) is 6.07 Å². The van der Waals surface area contributed by atoms with E-state index >= 15 is 0 Å². The monoisotopic (exact) mass is 503 g/mol. The maximum absolute atomic E-state index is 13.0. The van der Waals surface area contributed by atoms with E-state index in [4.69, 9.17) is 12.2 Å². The summed E-state index contributed by atoms with van der Waals surface area (Å²) in [6, 6.07) is 9.68. The van der Waals surface area contributed by atoms with Crippen molar-refractivity contribution in [2.45, 2.75) is 38.1 Å². The molecule has 2 saturated heterocycles. The number of amides is 2.